The summed E-state index contributed by atoms with van der Waals surface area (Å²) >= 11 is 10.8. The number of hydrogen-bond donors (Lipinski definition) is 1. The van der Waals surface area contributed by atoms with Gasteiger partial charge in [0.2, 0.25) is 0 Å². The number of likely N-dealkylation sites (N-methyl/N-ethyl adjacent to an activating group) is 1. The van der Waals surface area contributed by atoms with Gasteiger partial charge in [0.15, 0.2) is 10.9 Å². The molecule has 1 aromatic heterocycles. The van der Waals surface area contributed by atoms with Crippen molar-refractivity contribution >= 4 is 46.6 Å². The third-order valence-electron chi connectivity index (χ3n) is 3.54. The molecule has 10 heteroatoms. The zero-order valence-corrected chi connectivity index (χ0v) is 15.0. The monoisotopic (exact) mass is 393 g/mol. The third kappa shape index (κ3) is 3.68. The van der Waals surface area contributed by atoms with Crippen molar-refractivity contribution in [3.05, 3.63) is 62.7 Å². The number of benzene rings is 1. The minimum Gasteiger partial charge on any atom is -0.479 e. The van der Waals surface area contributed by atoms with Gasteiger partial charge >= 0.3 is 5.69 Å². The summed E-state index contributed by atoms with van der Waals surface area (Å²) in [4.78, 5) is 23.7. The molecule has 0 spiro atoms. The van der Waals surface area contributed by atoms with Crippen molar-refractivity contribution in [3.63, 3.8) is 0 Å². The molecular weight excluding hydrogens is 382 g/mol. The Kier molecular flexibility index (Phi) is 4.92. The van der Waals surface area contributed by atoms with Crippen LogP contribution in [0.4, 0.5) is 5.69 Å². The number of halogens is 1. The molecule has 0 bridgehead atoms. The summed E-state index contributed by atoms with van der Waals surface area (Å²) in [5.74, 6) is 0.668. The normalized spacial score (nSPS) is 15.5. The van der Waals surface area contributed by atoms with Gasteiger partial charge in [-0.25, -0.2) is 0 Å². The van der Waals surface area contributed by atoms with Gasteiger partial charge in [0.25, 0.3) is 5.91 Å². The number of nitro benzene ring substituents is 1. The average molecular weight is 394 g/mol. The maximum absolute atomic E-state index is 11.9. The Hall–Kier alpha value is -2.91. The number of furan rings is 1. The molecule has 1 fully saturated rings. The maximum atomic E-state index is 11.9. The van der Waals surface area contributed by atoms with E-state index in [4.69, 9.17) is 33.0 Å². The van der Waals surface area contributed by atoms with Gasteiger partial charge in [-0.1, -0.05) is 11.6 Å². The SMILES string of the molecule is CN1C(=O)/C(=C\c2ccc(COc3ccc(Cl)cc3[N+](=O)[O-])o2)NC1=S. The molecular formula is C16H12ClN3O5S. The first-order valence-corrected chi connectivity index (χ1v) is 8.10. The van der Waals surface area contributed by atoms with Crippen molar-refractivity contribution in [1.82, 2.24) is 10.2 Å². The molecule has 0 unspecified atom stereocenters. The molecule has 8 nitrogen and oxygen atoms in total. The van der Waals surface area contributed by atoms with Gasteiger partial charge in [-0.15, -0.1) is 0 Å². The lowest BCUT2D eigenvalue weighted by Gasteiger charge is -2.05. The van der Waals surface area contributed by atoms with E-state index in [-0.39, 0.29) is 29.0 Å². The lowest BCUT2D eigenvalue weighted by atomic mass is 10.3. The van der Waals surface area contributed by atoms with Gasteiger partial charge in [0, 0.05) is 24.2 Å². The number of nitro groups is 1. The Morgan fingerprint density at radius 1 is 1.42 bits per heavy atom. The molecule has 1 aliphatic heterocycles. The van der Waals surface area contributed by atoms with Crippen molar-refractivity contribution < 1.29 is 18.9 Å². The van der Waals surface area contributed by atoms with Gasteiger partial charge in [0.1, 0.15) is 23.8 Å². The molecule has 0 atom stereocenters. The minimum atomic E-state index is -0.573. The van der Waals surface area contributed by atoms with Crippen molar-refractivity contribution in [2.75, 3.05) is 7.05 Å². The van der Waals surface area contributed by atoms with Crippen LogP contribution in [-0.2, 0) is 11.4 Å². The zero-order chi connectivity index (χ0) is 18.8. The Bertz CT molecular complexity index is 940. The molecule has 1 aromatic carbocycles. The van der Waals surface area contributed by atoms with Crippen LogP contribution in [0, 0.1) is 10.1 Å². The number of hydrogen-bond acceptors (Lipinski definition) is 6. The fourth-order valence-corrected chi connectivity index (χ4v) is 2.58. The van der Waals surface area contributed by atoms with E-state index in [0.29, 0.717) is 22.3 Å². The van der Waals surface area contributed by atoms with Crippen LogP contribution in [0.15, 0.2) is 40.4 Å². The van der Waals surface area contributed by atoms with E-state index in [9.17, 15) is 14.9 Å². The van der Waals surface area contributed by atoms with Crippen molar-refractivity contribution in [1.29, 1.82) is 0 Å². The highest BCUT2D eigenvalue weighted by molar-refractivity contribution is 7.80. The number of amides is 1. The van der Waals surface area contributed by atoms with E-state index in [1.54, 1.807) is 19.2 Å². The molecule has 1 aliphatic rings. The number of carbonyl (C=O) groups is 1. The summed E-state index contributed by atoms with van der Waals surface area (Å²) < 4.78 is 11.0. The van der Waals surface area contributed by atoms with Gasteiger partial charge in [-0.05, 0) is 36.5 Å². The van der Waals surface area contributed by atoms with E-state index >= 15 is 0 Å². The van der Waals surface area contributed by atoms with Gasteiger partial charge in [-0.3, -0.25) is 19.8 Å². The molecule has 1 saturated heterocycles. The van der Waals surface area contributed by atoms with Crippen LogP contribution >= 0.6 is 23.8 Å². The van der Waals surface area contributed by atoms with Crippen LogP contribution in [0.3, 0.4) is 0 Å². The Labute approximate surface area is 158 Å². The minimum absolute atomic E-state index is 0.0225. The topological polar surface area (TPSA) is 97.9 Å². The number of nitrogens with zero attached hydrogens (tertiary/aromatic N) is 2. The lowest BCUT2D eigenvalue weighted by molar-refractivity contribution is -0.385. The highest BCUT2D eigenvalue weighted by Gasteiger charge is 2.27. The van der Waals surface area contributed by atoms with Gasteiger partial charge < -0.3 is 14.5 Å². The van der Waals surface area contributed by atoms with Crippen molar-refractivity contribution in [2.24, 2.45) is 0 Å². The fourth-order valence-electron chi connectivity index (χ4n) is 2.22. The summed E-state index contributed by atoms with van der Waals surface area (Å²) in [6, 6.07) is 7.43. The lowest BCUT2D eigenvalue weighted by Crippen LogP contribution is -2.25. The van der Waals surface area contributed by atoms with Crippen LogP contribution in [0.5, 0.6) is 5.75 Å². The highest BCUT2D eigenvalue weighted by Crippen LogP contribution is 2.30. The zero-order valence-electron chi connectivity index (χ0n) is 13.4. The van der Waals surface area contributed by atoms with Crippen LogP contribution in [-0.4, -0.2) is 27.9 Å². The molecule has 2 aromatic rings. The Balaban J connectivity index is 1.71. The fraction of sp³-hybridized carbons (Fsp3) is 0.125. The summed E-state index contributed by atoms with van der Waals surface area (Å²) in [6.07, 6.45) is 1.52. The molecule has 26 heavy (non-hydrogen) atoms. The summed E-state index contributed by atoms with van der Waals surface area (Å²) in [7, 11) is 1.57. The van der Waals surface area contributed by atoms with Crippen molar-refractivity contribution in [3.8, 4) is 5.75 Å². The largest absolute Gasteiger partial charge is 0.479 e. The molecule has 3 rings (SSSR count). The molecule has 2 heterocycles. The highest BCUT2D eigenvalue weighted by atomic mass is 35.5. The van der Waals surface area contributed by atoms with Gasteiger partial charge in [0.05, 0.1) is 4.92 Å². The molecule has 134 valence electrons. The standard InChI is InChI=1S/C16H12ClN3O5S/c1-19-15(21)12(18-16(19)26)7-10-3-4-11(25-10)8-24-14-5-2-9(17)6-13(14)20(22)23/h2-7H,8H2,1H3,(H,18,26)/b12-7+. The second-order valence-electron chi connectivity index (χ2n) is 5.31. The average Bonchev–Trinajstić information content (AvgIpc) is 3.14. The van der Waals surface area contributed by atoms with Crippen LogP contribution < -0.4 is 10.1 Å². The molecule has 0 radical (unpaired) electrons. The quantitative estimate of drug-likeness (QED) is 0.360. The van der Waals surface area contributed by atoms with E-state index in [2.05, 4.69) is 5.32 Å². The molecule has 1 N–H and O–H groups in total. The number of carbonyl (C=O) groups excluding carboxylic acids is 1. The second-order valence-corrected chi connectivity index (χ2v) is 6.14. The van der Waals surface area contributed by atoms with E-state index < -0.39 is 4.92 Å². The van der Waals surface area contributed by atoms with Crippen LogP contribution in [0.1, 0.15) is 11.5 Å². The predicted molar refractivity (Wildman–Crippen MR) is 97.6 cm³/mol. The first-order valence-electron chi connectivity index (χ1n) is 7.31. The van der Waals surface area contributed by atoms with Gasteiger partial charge in [-0.2, -0.15) is 0 Å². The molecule has 0 saturated carbocycles. The number of rotatable bonds is 5. The predicted octanol–water partition coefficient (Wildman–Crippen LogP) is 3.11. The summed E-state index contributed by atoms with van der Waals surface area (Å²) in [5.41, 5.74) is 0.0661. The van der Waals surface area contributed by atoms with E-state index in [1.807, 2.05) is 0 Å². The van der Waals surface area contributed by atoms with Crippen LogP contribution in [0.25, 0.3) is 6.08 Å². The first-order chi connectivity index (χ1) is 12.3. The van der Waals surface area contributed by atoms with Crippen molar-refractivity contribution in [2.45, 2.75) is 6.61 Å². The molecule has 1 amide bonds. The summed E-state index contributed by atoms with van der Waals surface area (Å²) in [6.45, 7) is -0.0225. The van der Waals surface area contributed by atoms with E-state index in [1.165, 1.54) is 29.2 Å². The molecule has 0 aliphatic carbocycles. The first kappa shape index (κ1) is 17.9. The number of nitrogens with one attached hydrogen (secondary N) is 1. The smallest absolute Gasteiger partial charge is 0.312 e. The number of thiocarbonyl (C=S) groups is 1. The maximum Gasteiger partial charge on any atom is 0.312 e. The van der Waals surface area contributed by atoms with Crippen LogP contribution in [0.2, 0.25) is 5.02 Å². The van der Waals surface area contributed by atoms with E-state index in [0.717, 1.165) is 0 Å². The third-order valence-corrected chi connectivity index (χ3v) is 4.15. The Morgan fingerprint density at radius 3 is 2.85 bits per heavy atom. The summed E-state index contributed by atoms with van der Waals surface area (Å²) in [5, 5.41) is 14.4. The Morgan fingerprint density at radius 2 is 2.19 bits per heavy atom. The number of ether oxygens (including phenoxy) is 1. The second kappa shape index (κ2) is 7.14.